The van der Waals surface area contributed by atoms with E-state index in [2.05, 4.69) is 21.7 Å². The van der Waals surface area contributed by atoms with Crippen molar-refractivity contribution in [3.63, 3.8) is 0 Å². The van der Waals surface area contributed by atoms with Gasteiger partial charge in [-0.25, -0.2) is 4.98 Å². The number of methoxy groups -OCH3 is 3. The Balaban J connectivity index is 1.84. The summed E-state index contributed by atoms with van der Waals surface area (Å²) in [4.78, 5) is 4.31. The molecule has 144 valence electrons. The maximum Gasteiger partial charge on any atom is 0.174 e. The number of nitrogens with zero attached hydrogens (tertiary/aromatic N) is 1. The van der Waals surface area contributed by atoms with Crippen LogP contribution in [-0.4, -0.2) is 31.4 Å². The van der Waals surface area contributed by atoms with Crippen molar-refractivity contribution in [2.75, 3.05) is 26.6 Å². The normalized spacial score (nSPS) is 15.1. The van der Waals surface area contributed by atoms with Gasteiger partial charge in [-0.2, -0.15) is 0 Å². The van der Waals surface area contributed by atoms with Crippen LogP contribution >= 0.6 is 12.2 Å². The molecule has 2 aromatic rings. The molecule has 7 heteroatoms. The summed E-state index contributed by atoms with van der Waals surface area (Å²) in [5.41, 5.74) is 0.890. The first kappa shape index (κ1) is 19.2. The van der Waals surface area contributed by atoms with Crippen LogP contribution in [-0.2, 0) is 5.54 Å². The highest BCUT2D eigenvalue weighted by atomic mass is 32.1. The Morgan fingerprint density at radius 2 is 1.70 bits per heavy atom. The number of benzene rings is 1. The molecule has 1 aliphatic rings. The minimum absolute atomic E-state index is 0.244. The van der Waals surface area contributed by atoms with Gasteiger partial charge >= 0.3 is 0 Å². The summed E-state index contributed by atoms with van der Waals surface area (Å²) < 4.78 is 16.2. The van der Waals surface area contributed by atoms with Gasteiger partial charge in [-0.15, -0.1) is 0 Å². The first-order chi connectivity index (χ1) is 13.1. The first-order valence-corrected chi connectivity index (χ1v) is 9.33. The lowest BCUT2D eigenvalue weighted by Gasteiger charge is -2.33. The fourth-order valence-electron chi connectivity index (χ4n) is 3.60. The molecule has 0 bridgehead atoms. The summed E-state index contributed by atoms with van der Waals surface area (Å²) in [5, 5.41) is 7.21. The average Bonchev–Trinajstić information content (AvgIpc) is 3.17. The number of hydrogen-bond acceptors (Lipinski definition) is 5. The van der Waals surface area contributed by atoms with Gasteiger partial charge in [0.15, 0.2) is 28.2 Å². The van der Waals surface area contributed by atoms with Crippen molar-refractivity contribution >= 4 is 23.1 Å². The van der Waals surface area contributed by atoms with Gasteiger partial charge in [-0.1, -0.05) is 18.9 Å². The van der Waals surface area contributed by atoms with E-state index >= 15 is 0 Å². The Bertz CT molecular complexity index is 807. The molecule has 1 saturated carbocycles. The zero-order valence-electron chi connectivity index (χ0n) is 15.9. The maximum absolute atomic E-state index is 5.59. The van der Waals surface area contributed by atoms with Crippen molar-refractivity contribution < 1.29 is 14.2 Å². The van der Waals surface area contributed by atoms with Gasteiger partial charge in [0.05, 0.1) is 26.9 Å². The number of anilines is 1. The highest BCUT2D eigenvalue weighted by molar-refractivity contribution is 7.80. The van der Waals surface area contributed by atoms with Gasteiger partial charge in [0.25, 0.3) is 0 Å². The predicted octanol–water partition coefficient (Wildman–Crippen LogP) is 3.86. The van der Waals surface area contributed by atoms with Crippen molar-refractivity contribution in [2.45, 2.75) is 31.2 Å². The van der Waals surface area contributed by atoms with Crippen LogP contribution in [0.4, 0.5) is 5.82 Å². The van der Waals surface area contributed by atoms with Gasteiger partial charge in [-0.05, 0) is 54.9 Å². The van der Waals surface area contributed by atoms with Crippen LogP contribution in [0.2, 0.25) is 0 Å². The standard InChI is InChI=1S/C20H25N3O3S/c1-24-15-9-8-14(13-17(15)26-3)20(10-4-5-11-20)23-19(27)22-18-16(25-2)7-6-12-21-18/h6-9,12-13H,4-5,10-11H2,1-3H3,(H2,21,22,23,27). The predicted molar refractivity (Wildman–Crippen MR) is 110 cm³/mol. The number of hydrogen-bond donors (Lipinski definition) is 2. The second-order valence-electron chi connectivity index (χ2n) is 6.49. The smallest absolute Gasteiger partial charge is 0.174 e. The van der Waals surface area contributed by atoms with E-state index in [-0.39, 0.29) is 5.54 Å². The monoisotopic (exact) mass is 387 g/mol. The quantitative estimate of drug-likeness (QED) is 0.730. The van der Waals surface area contributed by atoms with E-state index in [1.807, 2.05) is 24.3 Å². The summed E-state index contributed by atoms with van der Waals surface area (Å²) in [6.45, 7) is 0. The van der Waals surface area contributed by atoms with Crippen molar-refractivity contribution in [2.24, 2.45) is 0 Å². The Morgan fingerprint density at radius 1 is 1.00 bits per heavy atom. The molecule has 0 atom stereocenters. The third-order valence-electron chi connectivity index (χ3n) is 4.97. The number of thiocarbonyl (C=S) groups is 1. The summed E-state index contributed by atoms with van der Waals surface area (Å²) in [6, 6.07) is 9.71. The molecule has 1 aromatic carbocycles. The third-order valence-corrected chi connectivity index (χ3v) is 5.17. The summed E-state index contributed by atoms with van der Waals surface area (Å²) >= 11 is 5.59. The number of aromatic nitrogens is 1. The molecular formula is C20H25N3O3S. The zero-order valence-corrected chi connectivity index (χ0v) is 16.7. The summed E-state index contributed by atoms with van der Waals surface area (Å²) in [6.07, 6.45) is 5.95. The molecule has 0 saturated heterocycles. The van der Waals surface area contributed by atoms with Crippen LogP contribution in [0.5, 0.6) is 17.2 Å². The molecule has 6 nitrogen and oxygen atoms in total. The van der Waals surface area contributed by atoms with E-state index in [1.54, 1.807) is 27.5 Å². The van der Waals surface area contributed by atoms with Crippen LogP contribution in [0.25, 0.3) is 0 Å². The number of ether oxygens (including phenoxy) is 3. The fourth-order valence-corrected chi connectivity index (χ4v) is 3.90. The lowest BCUT2D eigenvalue weighted by molar-refractivity contribution is 0.350. The van der Waals surface area contributed by atoms with Crippen LogP contribution in [0.1, 0.15) is 31.2 Å². The second-order valence-corrected chi connectivity index (χ2v) is 6.90. The van der Waals surface area contributed by atoms with Crippen LogP contribution in [0.15, 0.2) is 36.5 Å². The lowest BCUT2D eigenvalue weighted by Crippen LogP contribution is -2.45. The molecule has 1 aliphatic carbocycles. The van der Waals surface area contributed by atoms with Crippen LogP contribution in [0, 0.1) is 0 Å². The van der Waals surface area contributed by atoms with E-state index in [0.717, 1.165) is 31.2 Å². The Kier molecular flexibility index (Phi) is 6.01. The number of pyridine rings is 1. The SMILES string of the molecule is COc1ccc(C2(NC(=S)Nc3ncccc3OC)CCCC2)cc1OC. The molecule has 3 rings (SSSR count). The molecule has 0 radical (unpaired) electrons. The van der Waals surface area contributed by atoms with Crippen LogP contribution < -0.4 is 24.8 Å². The molecule has 27 heavy (non-hydrogen) atoms. The number of nitrogens with one attached hydrogen (secondary N) is 2. The molecule has 0 spiro atoms. The van der Waals surface area contributed by atoms with E-state index in [1.165, 1.54) is 0 Å². The molecule has 0 unspecified atom stereocenters. The molecular weight excluding hydrogens is 362 g/mol. The molecule has 1 aromatic heterocycles. The first-order valence-electron chi connectivity index (χ1n) is 8.92. The van der Waals surface area contributed by atoms with Gasteiger partial charge in [-0.3, -0.25) is 0 Å². The Hall–Kier alpha value is -2.54. The topological polar surface area (TPSA) is 64.6 Å². The maximum atomic E-state index is 5.59. The molecule has 1 heterocycles. The molecule has 0 amide bonds. The van der Waals surface area contributed by atoms with Gasteiger partial charge < -0.3 is 24.8 Å². The van der Waals surface area contributed by atoms with E-state index in [0.29, 0.717) is 28.2 Å². The van der Waals surface area contributed by atoms with Crippen LogP contribution in [0.3, 0.4) is 0 Å². The van der Waals surface area contributed by atoms with Gasteiger partial charge in [0, 0.05) is 6.20 Å². The van der Waals surface area contributed by atoms with Crippen molar-refractivity contribution in [1.29, 1.82) is 0 Å². The fraction of sp³-hybridized carbons (Fsp3) is 0.400. The largest absolute Gasteiger partial charge is 0.493 e. The van der Waals surface area contributed by atoms with Gasteiger partial charge in [0.1, 0.15) is 0 Å². The van der Waals surface area contributed by atoms with E-state index in [4.69, 9.17) is 26.4 Å². The average molecular weight is 388 g/mol. The second kappa shape index (κ2) is 8.43. The van der Waals surface area contributed by atoms with Crippen molar-refractivity contribution in [3.8, 4) is 17.2 Å². The Labute approximate surface area is 165 Å². The molecule has 1 fully saturated rings. The third kappa shape index (κ3) is 4.08. The minimum atomic E-state index is -0.244. The van der Waals surface area contributed by atoms with Crippen molar-refractivity contribution in [3.05, 3.63) is 42.1 Å². The lowest BCUT2D eigenvalue weighted by atomic mass is 9.88. The Morgan fingerprint density at radius 3 is 2.37 bits per heavy atom. The highest BCUT2D eigenvalue weighted by Gasteiger charge is 2.37. The van der Waals surface area contributed by atoms with Gasteiger partial charge in [0.2, 0.25) is 0 Å². The summed E-state index contributed by atoms with van der Waals surface area (Å²) in [5.74, 6) is 2.67. The van der Waals surface area contributed by atoms with E-state index < -0.39 is 0 Å². The summed E-state index contributed by atoms with van der Waals surface area (Å²) in [7, 11) is 4.90. The van der Waals surface area contributed by atoms with Crippen molar-refractivity contribution in [1.82, 2.24) is 10.3 Å². The van der Waals surface area contributed by atoms with E-state index in [9.17, 15) is 0 Å². The zero-order chi connectivity index (χ0) is 19.3. The minimum Gasteiger partial charge on any atom is -0.493 e. The molecule has 2 N–H and O–H groups in total. The highest BCUT2D eigenvalue weighted by Crippen LogP contribution is 2.41. The molecule has 0 aliphatic heterocycles. The number of rotatable bonds is 6.